The van der Waals surface area contributed by atoms with Crippen LogP contribution in [0.4, 0.5) is 5.69 Å². The van der Waals surface area contributed by atoms with Crippen LogP contribution in [0.2, 0.25) is 0 Å². The molecule has 150 valence electrons. The van der Waals surface area contributed by atoms with Crippen molar-refractivity contribution >= 4 is 21.6 Å². The molecule has 0 spiro atoms. The van der Waals surface area contributed by atoms with Crippen LogP contribution in [0.5, 0.6) is 11.5 Å². The van der Waals surface area contributed by atoms with Gasteiger partial charge in [0.1, 0.15) is 11.5 Å². The highest BCUT2D eigenvalue weighted by molar-refractivity contribution is 7.89. The lowest BCUT2D eigenvalue weighted by Crippen LogP contribution is -2.43. The van der Waals surface area contributed by atoms with Crippen LogP contribution < -0.4 is 14.8 Å². The van der Waals surface area contributed by atoms with Gasteiger partial charge in [-0.2, -0.15) is 4.31 Å². The van der Waals surface area contributed by atoms with E-state index in [1.807, 2.05) is 0 Å². The summed E-state index contributed by atoms with van der Waals surface area (Å²) < 4.78 is 37.5. The predicted molar refractivity (Wildman–Crippen MR) is 106 cm³/mol. The van der Waals surface area contributed by atoms with E-state index in [4.69, 9.17) is 9.47 Å². The number of anilines is 1. The molecule has 28 heavy (non-hydrogen) atoms. The van der Waals surface area contributed by atoms with E-state index < -0.39 is 15.9 Å². The zero-order valence-corrected chi connectivity index (χ0v) is 16.7. The highest BCUT2D eigenvalue weighted by Crippen LogP contribution is 2.28. The highest BCUT2D eigenvalue weighted by Gasteiger charge is 2.33. The largest absolute Gasteiger partial charge is 0.497 e. The number of methoxy groups -OCH3 is 2. The fourth-order valence-corrected chi connectivity index (χ4v) is 4.79. The van der Waals surface area contributed by atoms with Gasteiger partial charge in [0.25, 0.3) is 0 Å². The number of rotatable bonds is 6. The van der Waals surface area contributed by atoms with Crippen molar-refractivity contribution in [3.8, 4) is 11.5 Å². The molecule has 7 nitrogen and oxygen atoms in total. The third kappa shape index (κ3) is 4.45. The predicted octanol–water partition coefficient (Wildman–Crippen LogP) is 2.74. The molecule has 2 aromatic rings. The number of hydrogen-bond donors (Lipinski definition) is 1. The van der Waals surface area contributed by atoms with Crippen molar-refractivity contribution in [2.75, 3.05) is 32.6 Å². The van der Waals surface area contributed by atoms with Gasteiger partial charge in [0.15, 0.2) is 0 Å². The Bertz CT molecular complexity index is 909. The Morgan fingerprint density at radius 3 is 2.32 bits per heavy atom. The summed E-state index contributed by atoms with van der Waals surface area (Å²) in [6.07, 6.45) is 1.26. The molecule has 0 bridgehead atoms. The fraction of sp³-hybridized carbons (Fsp3) is 0.350. The summed E-state index contributed by atoms with van der Waals surface area (Å²) in [5.41, 5.74) is 0.546. The van der Waals surface area contributed by atoms with Gasteiger partial charge in [-0.3, -0.25) is 4.79 Å². The maximum absolute atomic E-state index is 12.8. The van der Waals surface area contributed by atoms with E-state index in [-0.39, 0.29) is 17.3 Å². The molecule has 1 heterocycles. The maximum atomic E-state index is 12.8. The summed E-state index contributed by atoms with van der Waals surface area (Å²) in [6.45, 7) is 0.568. The Labute approximate surface area is 165 Å². The number of hydrogen-bond acceptors (Lipinski definition) is 5. The van der Waals surface area contributed by atoms with Crippen molar-refractivity contribution in [1.82, 2.24) is 4.31 Å². The second-order valence-corrected chi connectivity index (χ2v) is 8.54. The fourth-order valence-electron chi connectivity index (χ4n) is 3.24. The Hall–Kier alpha value is -2.58. The second kappa shape index (κ2) is 8.62. The molecule has 3 rings (SSSR count). The molecule has 0 aliphatic carbocycles. The average molecular weight is 404 g/mol. The summed E-state index contributed by atoms with van der Waals surface area (Å²) in [7, 11) is -0.538. The highest BCUT2D eigenvalue weighted by atomic mass is 32.2. The van der Waals surface area contributed by atoms with E-state index in [0.717, 1.165) is 0 Å². The van der Waals surface area contributed by atoms with Crippen molar-refractivity contribution in [1.29, 1.82) is 0 Å². The minimum absolute atomic E-state index is 0.157. The van der Waals surface area contributed by atoms with Crippen LogP contribution in [-0.4, -0.2) is 45.9 Å². The van der Waals surface area contributed by atoms with Crippen LogP contribution in [0.3, 0.4) is 0 Å². The molecule has 1 aliphatic rings. The molecule has 0 unspecified atom stereocenters. The van der Waals surface area contributed by atoms with E-state index in [1.165, 1.54) is 18.5 Å². The molecule has 0 aromatic heterocycles. The molecule has 1 N–H and O–H groups in total. The molecule has 1 fully saturated rings. The number of nitrogens with zero attached hydrogens (tertiary/aromatic N) is 1. The SMILES string of the molecule is COc1cc(NC(=O)[C@H]2CCCN(S(=O)(=O)c3ccccc3)C2)cc(OC)c1. The summed E-state index contributed by atoms with van der Waals surface area (Å²) in [6, 6.07) is 13.4. The Morgan fingerprint density at radius 1 is 1.07 bits per heavy atom. The zero-order valence-electron chi connectivity index (χ0n) is 15.9. The van der Waals surface area contributed by atoms with Gasteiger partial charge in [-0.25, -0.2) is 8.42 Å². The number of carbonyl (C=O) groups is 1. The number of carbonyl (C=O) groups excluding carboxylic acids is 1. The van der Waals surface area contributed by atoms with Crippen molar-refractivity contribution in [3.63, 3.8) is 0 Å². The summed E-state index contributed by atoms with van der Waals surface area (Å²) >= 11 is 0. The van der Waals surface area contributed by atoms with Crippen LogP contribution in [0.1, 0.15) is 12.8 Å². The van der Waals surface area contributed by atoms with Crippen molar-refractivity contribution in [2.45, 2.75) is 17.7 Å². The van der Waals surface area contributed by atoms with Gasteiger partial charge in [-0.05, 0) is 25.0 Å². The first-order valence-electron chi connectivity index (χ1n) is 9.03. The molecule has 0 saturated carbocycles. The number of piperidine rings is 1. The summed E-state index contributed by atoms with van der Waals surface area (Å²) in [5, 5.41) is 2.85. The van der Waals surface area contributed by atoms with Crippen LogP contribution in [-0.2, 0) is 14.8 Å². The minimum Gasteiger partial charge on any atom is -0.497 e. The first kappa shape index (κ1) is 20.2. The Kier molecular flexibility index (Phi) is 6.21. The van der Waals surface area contributed by atoms with Gasteiger partial charge in [0.2, 0.25) is 15.9 Å². The van der Waals surface area contributed by atoms with Crippen molar-refractivity contribution < 1.29 is 22.7 Å². The molecule has 8 heteroatoms. The monoisotopic (exact) mass is 404 g/mol. The molecular weight excluding hydrogens is 380 g/mol. The van der Waals surface area contributed by atoms with Gasteiger partial charge < -0.3 is 14.8 Å². The smallest absolute Gasteiger partial charge is 0.243 e. The van der Waals surface area contributed by atoms with E-state index in [0.29, 0.717) is 36.6 Å². The van der Waals surface area contributed by atoms with E-state index in [1.54, 1.807) is 48.5 Å². The first-order chi connectivity index (χ1) is 13.4. The van der Waals surface area contributed by atoms with E-state index in [2.05, 4.69) is 5.32 Å². The molecule has 1 saturated heterocycles. The average Bonchev–Trinajstić information content (AvgIpc) is 2.74. The number of benzene rings is 2. The third-order valence-corrected chi connectivity index (χ3v) is 6.63. The van der Waals surface area contributed by atoms with Crippen molar-refractivity contribution in [2.24, 2.45) is 5.92 Å². The standard InChI is InChI=1S/C20H24N2O5S/c1-26-17-11-16(12-18(13-17)27-2)21-20(23)15-7-6-10-22(14-15)28(24,25)19-8-4-3-5-9-19/h3-5,8-9,11-13,15H,6-7,10,14H2,1-2H3,(H,21,23)/t15-/m0/s1. The Balaban J connectivity index is 1.73. The summed E-state index contributed by atoms with van der Waals surface area (Å²) in [4.78, 5) is 13.0. The van der Waals surface area contributed by atoms with Gasteiger partial charge in [-0.15, -0.1) is 0 Å². The van der Waals surface area contributed by atoms with Crippen LogP contribution in [0, 0.1) is 5.92 Å². The first-order valence-corrected chi connectivity index (χ1v) is 10.5. The number of ether oxygens (including phenoxy) is 2. The second-order valence-electron chi connectivity index (χ2n) is 6.61. The number of nitrogens with one attached hydrogen (secondary N) is 1. The topological polar surface area (TPSA) is 84.9 Å². The quantitative estimate of drug-likeness (QED) is 0.800. The van der Waals surface area contributed by atoms with E-state index in [9.17, 15) is 13.2 Å². The summed E-state index contributed by atoms with van der Waals surface area (Å²) in [5.74, 6) is 0.478. The Morgan fingerprint density at radius 2 is 1.71 bits per heavy atom. The normalized spacial score (nSPS) is 17.7. The van der Waals surface area contributed by atoms with Crippen LogP contribution in [0.15, 0.2) is 53.4 Å². The number of amides is 1. The lowest BCUT2D eigenvalue weighted by atomic mass is 9.98. The van der Waals surface area contributed by atoms with Gasteiger partial charge in [0, 0.05) is 37.0 Å². The number of sulfonamides is 1. The van der Waals surface area contributed by atoms with Crippen LogP contribution >= 0.6 is 0 Å². The molecule has 1 aliphatic heterocycles. The van der Waals surface area contributed by atoms with Gasteiger partial charge in [-0.1, -0.05) is 18.2 Å². The zero-order chi connectivity index (χ0) is 20.1. The minimum atomic E-state index is -3.61. The van der Waals surface area contributed by atoms with Crippen molar-refractivity contribution in [3.05, 3.63) is 48.5 Å². The molecule has 0 radical (unpaired) electrons. The van der Waals surface area contributed by atoms with E-state index >= 15 is 0 Å². The van der Waals surface area contributed by atoms with Gasteiger partial charge >= 0.3 is 0 Å². The molecule has 2 aromatic carbocycles. The maximum Gasteiger partial charge on any atom is 0.243 e. The lowest BCUT2D eigenvalue weighted by Gasteiger charge is -2.31. The molecular formula is C20H24N2O5S. The molecule has 1 atom stereocenters. The third-order valence-electron chi connectivity index (χ3n) is 4.75. The van der Waals surface area contributed by atoms with Crippen LogP contribution in [0.25, 0.3) is 0 Å². The van der Waals surface area contributed by atoms with Gasteiger partial charge in [0.05, 0.1) is 25.0 Å². The molecule has 1 amide bonds. The lowest BCUT2D eigenvalue weighted by molar-refractivity contribution is -0.120.